The van der Waals surface area contributed by atoms with Crippen molar-refractivity contribution in [1.82, 2.24) is 9.55 Å². The quantitative estimate of drug-likeness (QED) is 0.813. The van der Waals surface area contributed by atoms with E-state index in [1.165, 1.54) is 7.11 Å². The lowest BCUT2D eigenvalue weighted by Crippen LogP contribution is -2.34. The SMILES string of the molecule is COC(=O)C(CC(C)C)n1cncc1C(C)(C)N. The zero-order valence-electron chi connectivity index (χ0n) is 11.8. The maximum absolute atomic E-state index is 11.9. The van der Waals surface area contributed by atoms with Gasteiger partial charge in [-0.1, -0.05) is 13.8 Å². The zero-order chi connectivity index (χ0) is 13.9. The molecule has 0 saturated carbocycles. The fourth-order valence-electron chi connectivity index (χ4n) is 1.96. The summed E-state index contributed by atoms with van der Waals surface area (Å²) in [4.78, 5) is 16.0. The fraction of sp³-hybridized carbons (Fsp3) is 0.692. The van der Waals surface area contributed by atoms with E-state index in [0.29, 0.717) is 12.3 Å². The van der Waals surface area contributed by atoms with Crippen LogP contribution in [0.3, 0.4) is 0 Å². The number of nitrogens with two attached hydrogens (primary N) is 1. The van der Waals surface area contributed by atoms with Gasteiger partial charge in [-0.15, -0.1) is 0 Å². The largest absolute Gasteiger partial charge is 0.467 e. The minimum absolute atomic E-state index is 0.257. The topological polar surface area (TPSA) is 70.1 Å². The summed E-state index contributed by atoms with van der Waals surface area (Å²) in [6.45, 7) is 7.93. The van der Waals surface area contributed by atoms with Crippen LogP contribution >= 0.6 is 0 Å². The van der Waals surface area contributed by atoms with Gasteiger partial charge < -0.3 is 15.0 Å². The minimum Gasteiger partial charge on any atom is -0.467 e. The first kappa shape index (κ1) is 14.7. The van der Waals surface area contributed by atoms with E-state index in [-0.39, 0.29) is 12.0 Å². The summed E-state index contributed by atoms with van der Waals surface area (Å²) in [6, 6.07) is -0.365. The second-order valence-electron chi connectivity index (χ2n) is 5.58. The van der Waals surface area contributed by atoms with Gasteiger partial charge in [-0.05, 0) is 26.2 Å². The van der Waals surface area contributed by atoms with Crippen molar-refractivity contribution in [1.29, 1.82) is 0 Å². The summed E-state index contributed by atoms with van der Waals surface area (Å²) in [7, 11) is 1.40. The summed E-state index contributed by atoms with van der Waals surface area (Å²) < 4.78 is 6.70. The Morgan fingerprint density at radius 3 is 2.61 bits per heavy atom. The molecule has 2 N–H and O–H groups in total. The maximum atomic E-state index is 11.9. The molecular weight excluding hydrogens is 230 g/mol. The van der Waals surface area contributed by atoms with E-state index in [2.05, 4.69) is 18.8 Å². The Balaban J connectivity index is 3.14. The Morgan fingerprint density at radius 2 is 2.17 bits per heavy atom. The Bertz CT molecular complexity index is 405. The molecule has 0 amide bonds. The van der Waals surface area contributed by atoms with E-state index < -0.39 is 5.54 Å². The second kappa shape index (κ2) is 5.52. The van der Waals surface area contributed by atoms with Gasteiger partial charge in [0, 0.05) is 0 Å². The highest BCUT2D eigenvalue weighted by Crippen LogP contribution is 2.25. The molecule has 0 aliphatic carbocycles. The van der Waals surface area contributed by atoms with Gasteiger partial charge in [0.1, 0.15) is 6.04 Å². The zero-order valence-corrected chi connectivity index (χ0v) is 11.8. The first-order valence-corrected chi connectivity index (χ1v) is 6.16. The molecule has 1 heterocycles. The molecule has 1 aromatic rings. The van der Waals surface area contributed by atoms with Crippen molar-refractivity contribution in [3.63, 3.8) is 0 Å². The first-order chi connectivity index (χ1) is 8.27. The van der Waals surface area contributed by atoms with Crippen LogP contribution < -0.4 is 5.73 Å². The van der Waals surface area contributed by atoms with E-state index in [1.807, 2.05) is 18.4 Å². The monoisotopic (exact) mass is 253 g/mol. The Morgan fingerprint density at radius 1 is 1.56 bits per heavy atom. The second-order valence-corrected chi connectivity index (χ2v) is 5.58. The first-order valence-electron chi connectivity index (χ1n) is 6.16. The Labute approximate surface area is 108 Å². The van der Waals surface area contributed by atoms with E-state index in [4.69, 9.17) is 10.5 Å². The number of carbonyl (C=O) groups is 1. The van der Waals surface area contributed by atoms with Crippen molar-refractivity contribution in [2.24, 2.45) is 11.7 Å². The highest BCUT2D eigenvalue weighted by Gasteiger charge is 2.28. The number of methoxy groups -OCH3 is 1. The number of imidazole rings is 1. The molecular formula is C13H23N3O2. The molecule has 0 aliphatic heterocycles. The van der Waals surface area contributed by atoms with Crippen molar-refractivity contribution >= 4 is 5.97 Å². The van der Waals surface area contributed by atoms with Crippen LogP contribution in [0.5, 0.6) is 0 Å². The van der Waals surface area contributed by atoms with E-state index in [0.717, 1.165) is 5.69 Å². The summed E-state index contributed by atoms with van der Waals surface area (Å²) in [6.07, 6.45) is 4.05. The highest BCUT2D eigenvalue weighted by molar-refractivity contribution is 5.74. The third kappa shape index (κ3) is 3.32. The highest BCUT2D eigenvalue weighted by atomic mass is 16.5. The normalized spacial score (nSPS) is 13.7. The van der Waals surface area contributed by atoms with Gasteiger partial charge in [0.05, 0.1) is 30.9 Å². The number of hydrogen-bond acceptors (Lipinski definition) is 4. The van der Waals surface area contributed by atoms with Crippen molar-refractivity contribution in [3.05, 3.63) is 18.2 Å². The van der Waals surface area contributed by atoms with Gasteiger partial charge in [0.15, 0.2) is 0 Å². The fourth-order valence-corrected chi connectivity index (χ4v) is 1.96. The van der Waals surface area contributed by atoms with E-state index >= 15 is 0 Å². The predicted octanol–water partition coefficient (Wildman–Crippen LogP) is 1.84. The molecule has 0 aliphatic rings. The predicted molar refractivity (Wildman–Crippen MR) is 69.9 cm³/mol. The van der Waals surface area contributed by atoms with Crippen LogP contribution in [0, 0.1) is 5.92 Å². The smallest absolute Gasteiger partial charge is 0.328 e. The number of nitrogens with zero attached hydrogens (tertiary/aromatic N) is 2. The number of rotatable bonds is 5. The van der Waals surface area contributed by atoms with Gasteiger partial charge in [0.2, 0.25) is 0 Å². The Hall–Kier alpha value is -1.36. The van der Waals surface area contributed by atoms with Gasteiger partial charge in [-0.3, -0.25) is 0 Å². The molecule has 5 nitrogen and oxygen atoms in total. The maximum Gasteiger partial charge on any atom is 0.328 e. The molecule has 0 aromatic carbocycles. The molecule has 102 valence electrons. The van der Waals surface area contributed by atoms with Crippen LogP contribution in [0.4, 0.5) is 0 Å². The average Bonchev–Trinajstić information content (AvgIpc) is 2.72. The lowest BCUT2D eigenvalue weighted by atomic mass is 9.99. The molecule has 0 bridgehead atoms. The van der Waals surface area contributed by atoms with Crippen LogP contribution in [0.1, 0.15) is 45.9 Å². The summed E-state index contributed by atoms with van der Waals surface area (Å²) in [5.41, 5.74) is 6.39. The number of carbonyl (C=O) groups excluding carboxylic acids is 1. The van der Waals surface area contributed by atoms with Crippen LogP contribution in [-0.4, -0.2) is 22.6 Å². The van der Waals surface area contributed by atoms with Crippen molar-refractivity contribution in [2.75, 3.05) is 7.11 Å². The molecule has 1 aromatic heterocycles. The third-order valence-corrected chi connectivity index (χ3v) is 2.83. The van der Waals surface area contributed by atoms with E-state index in [9.17, 15) is 4.79 Å². The molecule has 0 saturated heterocycles. The number of esters is 1. The molecule has 0 spiro atoms. The van der Waals surface area contributed by atoms with Crippen molar-refractivity contribution in [2.45, 2.75) is 45.7 Å². The van der Waals surface area contributed by atoms with Gasteiger partial charge in [-0.2, -0.15) is 0 Å². The van der Waals surface area contributed by atoms with Crippen LogP contribution in [0.2, 0.25) is 0 Å². The molecule has 1 unspecified atom stereocenters. The molecule has 5 heteroatoms. The molecule has 1 atom stereocenters. The number of ether oxygens (including phenoxy) is 1. The summed E-state index contributed by atoms with van der Waals surface area (Å²) in [5.74, 6) is 0.123. The van der Waals surface area contributed by atoms with Gasteiger partial charge in [-0.25, -0.2) is 9.78 Å². The van der Waals surface area contributed by atoms with Crippen LogP contribution in [0.25, 0.3) is 0 Å². The van der Waals surface area contributed by atoms with Crippen molar-refractivity contribution in [3.8, 4) is 0 Å². The lowest BCUT2D eigenvalue weighted by molar-refractivity contribution is -0.145. The summed E-state index contributed by atoms with van der Waals surface area (Å²) >= 11 is 0. The lowest BCUT2D eigenvalue weighted by Gasteiger charge is -2.26. The minimum atomic E-state index is -0.542. The molecule has 18 heavy (non-hydrogen) atoms. The molecule has 0 radical (unpaired) electrons. The standard InChI is InChI=1S/C13H23N3O2/c1-9(2)6-10(12(17)18-5)16-8-15-7-11(16)13(3,4)14/h7-10H,6,14H2,1-5H3. The van der Waals surface area contributed by atoms with Crippen LogP contribution in [0.15, 0.2) is 12.5 Å². The third-order valence-electron chi connectivity index (χ3n) is 2.83. The van der Waals surface area contributed by atoms with Gasteiger partial charge >= 0.3 is 5.97 Å². The average molecular weight is 253 g/mol. The van der Waals surface area contributed by atoms with Crippen molar-refractivity contribution < 1.29 is 9.53 Å². The molecule has 1 rings (SSSR count). The van der Waals surface area contributed by atoms with Gasteiger partial charge in [0.25, 0.3) is 0 Å². The molecule has 0 fully saturated rings. The number of aromatic nitrogens is 2. The number of hydrogen-bond donors (Lipinski definition) is 1. The van der Waals surface area contributed by atoms with Crippen LogP contribution in [-0.2, 0) is 15.1 Å². The Kier molecular flexibility index (Phi) is 4.51. The summed E-state index contributed by atoms with van der Waals surface area (Å²) in [5, 5.41) is 0. The van der Waals surface area contributed by atoms with E-state index in [1.54, 1.807) is 12.5 Å².